The lowest BCUT2D eigenvalue weighted by atomic mass is 9.70. The summed E-state index contributed by atoms with van der Waals surface area (Å²) in [6.45, 7) is 9.20. The van der Waals surface area contributed by atoms with Crippen LogP contribution < -0.4 is 15.4 Å². The molecule has 35 heavy (non-hydrogen) atoms. The van der Waals surface area contributed by atoms with Crippen LogP contribution in [0, 0.1) is 11.3 Å². The van der Waals surface area contributed by atoms with Gasteiger partial charge in [-0.15, -0.1) is 13.2 Å². The van der Waals surface area contributed by atoms with Gasteiger partial charge in [-0.05, 0) is 80.0 Å². The van der Waals surface area contributed by atoms with E-state index in [1.165, 1.54) is 24.3 Å². The van der Waals surface area contributed by atoms with Crippen molar-refractivity contribution in [2.45, 2.75) is 59.4 Å². The van der Waals surface area contributed by atoms with Gasteiger partial charge in [0.2, 0.25) is 5.95 Å². The number of hydrogen-bond acceptors (Lipinski definition) is 4. The number of carbonyl (C=O) groups excluding carboxylic acids is 1. The fraction of sp³-hybridized carbons (Fsp3) is 0.462. The smallest absolute Gasteiger partial charge is 0.406 e. The van der Waals surface area contributed by atoms with E-state index in [1.54, 1.807) is 12.1 Å². The van der Waals surface area contributed by atoms with Gasteiger partial charge in [-0.3, -0.25) is 4.79 Å². The lowest BCUT2D eigenvalue weighted by Crippen LogP contribution is -2.29. The summed E-state index contributed by atoms with van der Waals surface area (Å²) in [5.41, 5.74) is 2.87. The molecule has 0 radical (unpaired) electrons. The fourth-order valence-electron chi connectivity index (χ4n) is 5.32. The quantitative estimate of drug-likeness (QED) is 0.400. The molecule has 1 aliphatic carbocycles. The lowest BCUT2D eigenvalue weighted by Gasteiger charge is -2.40. The Kier molecular flexibility index (Phi) is 6.71. The summed E-state index contributed by atoms with van der Waals surface area (Å²) >= 11 is 0. The molecule has 3 aromatic rings. The number of anilines is 2. The van der Waals surface area contributed by atoms with Crippen LogP contribution in [0.3, 0.4) is 0 Å². The van der Waals surface area contributed by atoms with Gasteiger partial charge in [0.05, 0.1) is 11.0 Å². The van der Waals surface area contributed by atoms with Gasteiger partial charge in [-0.1, -0.05) is 20.8 Å². The Morgan fingerprint density at radius 1 is 1.17 bits per heavy atom. The van der Waals surface area contributed by atoms with Gasteiger partial charge >= 0.3 is 6.36 Å². The van der Waals surface area contributed by atoms with Crippen molar-refractivity contribution in [2.24, 2.45) is 11.3 Å². The first-order valence-corrected chi connectivity index (χ1v) is 11.9. The van der Waals surface area contributed by atoms with Gasteiger partial charge in [0.15, 0.2) is 0 Å². The number of ether oxygens (including phenoxy) is 1. The third kappa shape index (κ3) is 5.89. The summed E-state index contributed by atoms with van der Waals surface area (Å²) < 4.78 is 43.7. The summed E-state index contributed by atoms with van der Waals surface area (Å²) in [7, 11) is 0. The summed E-state index contributed by atoms with van der Waals surface area (Å²) in [4.78, 5) is 17.2. The van der Waals surface area contributed by atoms with Gasteiger partial charge < -0.3 is 19.9 Å². The fourth-order valence-corrected chi connectivity index (χ4v) is 5.32. The van der Waals surface area contributed by atoms with Gasteiger partial charge in [-0.2, -0.15) is 0 Å². The molecule has 1 aromatic heterocycles. The molecule has 6 nitrogen and oxygen atoms in total. The van der Waals surface area contributed by atoms with Crippen molar-refractivity contribution in [3.05, 3.63) is 48.0 Å². The molecular weight excluding hydrogens is 457 g/mol. The molecule has 0 bridgehead atoms. The lowest BCUT2D eigenvalue weighted by molar-refractivity contribution is -0.274. The minimum Gasteiger partial charge on any atom is -0.406 e. The zero-order chi connectivity index (χ0) is 25.4. The number of nitrogens with one attached hydrogen (secondary N) is 2. The number of nitrogens with zero attached hydrogens (tertiary/aromatic N) is 2. The van der Waals surface area contributed by atoms with Crippen molar-refractivity contribution in [1.29, 1.82) is 0 Å². The number of fused-ring (bicyclic) bond motifs is 1. The van der Waals surface area contributed by atoms with Crippen molar-refractivity contribution in [1.82, 2.24) is 14.9 Å². The first-order chi connectivity index (χ1) is 16.4. The molecule has 1 fully saturated rings. The van der Waals surface area contributed by atoms with Crippen LogP contribution in [0.4, 0.5) is 24.8 Å². The second-order valence-electron chi connectivity index (χ2n) is 10.1. The number of rotatable bonds is 6. The van der Waals surface area contributed by atoms with Crippen molar-refractivity contribution in [2.75, 3.05) is 11.9 Å². The predicted molar refractivity (Wildman–Crippen MR) is 130 cm³/mol. The highest BCUT2D eigenvalue weighted by molar-refractivity contribution is 5.97. The van der Waals surface area contributed by atoms with Gasteiger partial charge in [0, 0.05) is 23.8 Å². The predicted octanol–water partition coefficient (Wildman–Crippen LogP) is 6.82. The molecule has 2 N–H and O–H groups in total. The number of alkyl halides is 3. The van der Waals surface area contributed by atoms with E-state index < -0.39 is 6.36 Å². The molecule has 188 valence electrons. The van der Waals surface area contributed by atoms with Crippen molar-refractivity contribution < 1.29 is 22.7 Å². The van der Waals surface area contributed by atoms with E-state index >= 15 is 0 Å². The van der Waals surface area contributed by atoms with Crippen LogP contribution in [0.2, 0.25) is 0 Å². The minimum absolute atomic E-state index is 0.160. The van der Waals surface area contributed by atoms with E-state index in [9.17, 15) is 18.0 Å². The molecule has 0 saturated heterocycles. The van der Waals surface area contributed by atoms with Crippen molar-refractivity contribution >= 4 is 28.6 Å². The van der Waals surface area contributed by atoms with Crippen LogP contribution in [0.25, 0.3) is 11.0 Å². The normalized spacial score (nSPS) is 20.0. The Morgan fingerprint density at radius 2 is 1.89 bits per heavy atom. The summed E-state index contributed by atoms with van der Waals surface area (Å²) in [5, 5.41) is 6.09. The zero-order valence-corrected chi connectivity index (χ0v) is 20.4. The first-order valence-electron chi connectivity index (χ1n) is 11.9. The van der Waals surface area contributed by atoms with Gasteiger partial charge in [-0.25, -0.2) is 4.98 Å². The Labute approximate surface area is 202 Å². The third-order valence-electron chi connectivity index (χ3n) is 6.36. The number of halogens is 3. The Balaban J connectivity index is 1.73. The second kappa shape index (κ2) is 9.43. The van der Waals surface area contributed by atoms with Crippen LogP contribution in [-0.4, -0.2) is 28.4 Å². The Bertz CT molecular complexity index is 1200. The molecule has 0 spiro atoms. The molecule has 9 heteroatoms. The standard InChI is InChI=1S/C26H31F3N4O2/c1-5-30-23(34)17-6-11-22-21(13-17)32-24(33(22)19-12-16(2)14-25(3,4)15-19)31-18-7-9-20(10-8-18)35-26(27,28)29/h6-11,13,16,19H,5,12,14-15H2,1-4H3,(H,30,34)(H,31,32)/t16-,19+/m1/s1. The Hall–Kier alpha value is -3.23. The molecule has 1 amide bonds. The van der Waals surface area contributed by atoms with Gasteiger partial charge in [0.25, 0.3) is 5.91 Å². The van der Waals surface area contributed by atoms with Crippen LogP contribution in [-0.2, 0) is 0 Å². The molecule has 2 atom stereocenters. The van der Waals surface area contributed by atoms with E-state index in [2.05, 4.69) is 40.7 Å². The first kappa shape index (κ1) is 24.9. The van der Waals surface area contributed by atoms with E-state index in [0.717, 1.165) is 24.8 Å². The largest absolute Gasteiger partial charge is 0.573 e. The van der Waals surface area contributed by atoms with Crippen LogP contribution in [0.1, 0.15) is 63.4 Å². The maximum Gasteiger partial charge on any atom is 0.573 e. The van der Waals surface area contributed by atoms with Crippen molar-refractivity contribution in [3.8, 4) is 5.75 Å². The molecule has 0 unspecified atom stereocenters. The minimum atomic E-state index is -4.74. The number of hydrogen-bond donors (Lipinski definition) is 2. The number of benzene rings is 2. The maximum atomic E-state index is 12.5. The van der Waals surface area contributed by atoms with E-state index in [4.69, 9.17) is 4.98 Å². The third-order valence-corrected chi connectivity index (χ3v) is 6.36. The molecule has 1 aliphatic rings. The molecule has 4 rings (SSSR count). The molecule has 0 aliphatic heterocycles. The topological polar surface area (TPSA) is 68.2 Å². The number of carbonyl (C=O) groups is 1. The maximum absolute atomic E-state index is 12.5. The summed E-state index contributed by atoms with van der Waals surface area (Å²) in [6.07, 6.45) is -1.65. The molecule has 1 heterocycles. The molecule has 2 aromatic carbocycles. The van der Waals surface area contributed by atoms with Gasteiger partial charge in [0.1, 0.15) is 5.75 Å². The van der Waals surface area contributed by atoms with E-state index in [1.807, 2.05) is 13.0 Å². The monoisotopic (exact) mass is 488 g/mol. The number of imidazole rings is 1. The van der Waals surface area contributed by atoms with E-state index in [0.29, 0.717) is 35.2 Å². The highest BCUT2D eigenvalue weighted by Gasteiger charge is 2.35. The number of aromatic nitrogens is 2. The average molecular weight is 489 g/mol. The van der Waals surface area contributed by atoms with Crippen LogP contribution in [0.5, 0.6) is 5.75 Å². The highest BCUT2D eigenvalue weighted by Crippen LogP contribution is 2.46. The van der Waals surface area contributed by atoms with E-state index in [-0.39, 0.29) is 23.1 Å². The van der Waals surface area contributed by atoms with Crippen molar-refractivity contribution in [3.63, 3.8) is 0 Å². The highest BCUT2D eigenvalue weighted by atomic mass is 19.4. The average Bonchev–Trinajstić information content (AvgIpc) is 3.10. The Morgan fingerprint density at radius 3 is 2.51 bits per heavy atom. The SMILES string of the molecule is CCNC(=O)c1ccc2c(c1)nc(Nc1ccc(OC(F)(F)F)cc1)n2[C@H]1C[C@@H](C)CC(C)(C)C1. The summed E-state index contributed by atoms with van der Waals surface area (Å²) in [5.74, 6) is 0.673. The second-order valence-corrected chi connectivity index (χ2v) is 10.1. The van der Waals surface area contributed by atoms with Crippen LogP contribution >= 0.6 is 0 Å². The molecular formula is C26H31F3N4O2. The number of amides is 1. The summed E-state index contributed by atoms with van der Waals surface area (Å²) in [6, 6.07) is 11.3. The van der Waals surface area contributed by atoms with Crippen LogP contribution in [0.15, 0.2) is 42.5 Å². The zero-order valence-electron chi connectivity index (χ0n) is 20.4. The molecule has 1 saturated carbocycles.